The van der Waals surface area contributed by atoms with E-state index >= 15 is 0 Å². The molecule has 1 aromatic carbocycles. The molecule has 0 bridgehead atoms. The number of ether oxygens (including phenoxy) is 1. The van der Waals surface area contributed by atoms with E-state index in [1.165, 1.54) is 0 Å². The van der Waals surface area contributed by atoms with Gasteiger partial charge >= 0.3 is 0 Å². The zero-order chi connectivity index (χ0) is 12.7. The van der Waals surface area contributed by atoms with Crippen molar-refractivity contribution in [1.29, 1.82) is 0 Å². The Morgan fingerprint density at radius 2 is 2.28 bits per heavy atom. The quantitative estimate of drug-likeness (QED) is 0.784. The molecule has 3 rings (SSSR count). The molecule has 6 heteroatoms. The fourth-order valence-corrected chi connectivity index (χ4v) is 1.98. The molecule has 92 valence electrons. The predicted molar refractivity (Wildman–Crippen MR) is 67.2 cm³/mol. The number of fused-ring (bicyclic) bond motifs is 1. The maximum Gasteiger partial charge on any atom is 0.262 e. The van der Waals surface area contributed by atoms with Crippen LogP contribution >= 0.6 is 0 Å². The van der Waals surface area contributed by atoms with Crippen molar-refractivity contribution in [3.8, 4) is 16.9 Å². The number of aryl methyl sites for hydroxylation is 1. The van der Waals surface area contributed by atoms with Gasteiger partial charge in [0.05, 0.1) is 11.9 Å². The van der Waals surface area contributed by atoms with Crippen LogP contribution in [0.2, 0.25) is 0 Å². The molecule has 1 aliphatic heterocycles. The van der Waals surface area contributed by atoms with E-state index in [1.807, 2.05) is 12.1 Å². The summed E-state index contributed by atoms with van der Waals surface area (Å²) in [6.45, 7) is 0.0180. The summed E-state index contributed by atoms with van der Waals surface area (Å²) >= 11 is 0. The molecule has 6 nitrogen and oxygen atoms in total. The van der Waals surface area contributed by atoms with E-state index in [9.17, 15) is 4.79 Å². The Morgan fingerprint density at radius 3 is 3.00 bits per heavy atom. The number of para-hydroxylation sites is 1. The standard InChI is InChI=1S/C12H12N4O2/c1-16-12(13)8(5-14-16)7-3-2-4-9-11(7)18-6-10(17)15-9/h2-5H,6,13H2,1H3,(H,15,17). The zero-order valence-electron chi connectivity index (χ0n) is 9.80. The molecule has 1 amide bonds. The average Bonchev–Trinajstić information content (AvgIpc) is 2.69. The Hall–Kier alpha value is -2.50. The molecule has 2 heterocycles. The largest absolute Gasteiger partial charge is 0.481 e. The monoisotopic (exact) mass is 244 g/mol. The Bertz CT molecular complexity index is 633. The second-order valence-electron chi connectivity index (χ2n) is 4.09. The summed E-state index contributed by atoms with van der Waals surface area (Å²) in [7, 11) is 1.77. The summed E-state index contributed by atoms with van der Waals surface area (Å²) in [6, 6.07) is 5.53. The highest BCUT2D eigenvalue weighted by atomic mass is 16.5. The fourth-order valence-electron chi connectivity index (χ4n) is 1.98. The number of carbonyl (C=O) groups excluding carboxylic acids is 1. The molecule has 0 radical (unpaired) electrons. The van der Waals surface area contributed by atoms with Gasteiger partial charge in [-0.2, -0.15) is 5.10 Å². The molecular formula is C12H12N4O2. The van der Waals surface area contributed by atoms with E-state index in [0.29, 0.717) is 17.3 Å². The molecule has 0 fully saturated rings. The third-order valence-electron chi connectivity index (χ3n) is 2.91. The van der Waals surface area contributed by atoms with E-state index in [0.717, 1.165) is 11.1 Å². The fraction of sp³-hybridized carbons (Fsp3) is 0.167. The molecular weight excluding hydrogens is 232 g/mol. The van der Waals surface area contributed by atoms with Gasteiger partial charge in [0.2, 0.25) is 0 Å². The molecule has 18 heavy (non-hydrogen) atoms. The van der Waals surface area contributed by atoms with Gasteiger partial charge < -0.3 is 15.8 Å². The first-order valence-corrected chi connectivity index (χ1v) is 5.50. The van der Waals surface area contributed by atoms with Crippen LogP contribution in [0.25, 0.3) is 11.1 Å². The van der Waals surface area contributed by atoms with E-state index in [2.05, 4.69) is 10.4 Å². The Labute approximate surface area is 103 Å². The highest BCUT2D eigenvalue weighted by molar-refractivity contribution is 5.98. The van der Waals surface area contributed by atoms with Gasteiger partial charge in [0, 0.05) is 18.2 Å². The Balaban J connectivity index is 2.16. The van der Waals surface area contributed by atoms with Crippen LogP contribution in [-0.4, -0.2) is 22.3 Å². The number of carbonyl (C=O) groups is 1. The first-order valence-electron chi connectivity index (χ1n) is 5.50. The highest BCUT2D eigenvalue weighted by Crippen LogP contribution is 2.40. The van der Waals surface area contributed by atoms with Crippen molar-refractivity contribution in [1.82, 2.24) is 9.78 Å². The molecule has 0 atom stereocenters. The number of nitrogens with zero attached hydrogens (tertiary/aromatic N) is 2. The molecule has 1 aliphatic rings. The SMILES string of the molecule is Cn1ncc(-c2cccc3c2OCC(=O)N3)c1N. The number of nitrogens with one attached hydrogen (secondary N) is 1. The van der Waals surface area contributed by atoms with Crippen LogP contribution in [0.15, 0.2) is 24.4 Å². The van der Waals surface area contributed by atoms with Crippen LogP contribution < -0.4 is 15.8 Å². The van der Waals surface area contributed by atoms with Gasteiger partial charge in [-0.15, -0.1) is 0 Å². The first-order chi connectivity index (χ1) is 8.66. The van der Waals surface area contributed by atoms with Crippen LogP contribution in [0.1, 0.15) is 0 Å². The van der Waals surface area contributed by atoms with Crippen LogP contribution in [0, 0.1) is 0 Å². The van der Waals surface area contributed by atoms with Gasteiger partial charge in [-0.3, -0.25) is 9.48 Å². The lowest BCUT2D eigenvalue weighted by Crippen LogP contribution is -2.25. The third-order valence-corrected chi connectivity index (χ3v) is 2.91. The van der Waals surface area contributed by atoms with Crippen molar-refractivity contribution in [3.63, 3.8) is 0 Å². The van der Waals surface area contributed by atoms with Crippen molar-refractivity contribution in [2.24, 2.45) is 7.05 Å². The average molecular weight is 244 g/mol. The van der Waals surface area contributed by atoms with Gasteiger partial charge in [0.1, 0.15) is 5.82 Å². The maximum atomic E-state index is 11.3. The van der Waals surface area contributed by atoms with E-state index in [4.69, 9.17) is 10.5 Å². The lowest BCUT2D eigenvalue weighted by Gasteiger charge is -2.20. The number of nitrogens with two attached hydrogens (primary N) is 1. The van der Waals surface area contributed by atoms with Gasteiger partial charge in [-0.1, -0.05) is 12.1 Å². The van der Waals surface area contributed by atoms with Crippen molar-refractivity contribution < 1.29 is 9.53 Å². The summed E-state index contributed by atoms with van der Waals surface area (Å²) < 4.78 is 7.07. The molecule has 0 aliphatic carbocycles. The number of aromatic nitrogens is 2. The minimum absolute atomic E-state index is 0.0180. The van der Waals surface area contributed by atoms with Gasteiger partial charge in [-0.25, -0.2) is 0 Å². The summed E-state index contributed by atoms with van der Waals surface area (Å²) in [5, 5.41) is 6.87. The Kier molecular flexibility index (Phi) is 2.22. The lowest BCUT2D eigenvalue weighted by atomic mass is 10.1. The summed E-state index contributed by atoms with van der Waals surface area (Å²) in [6.07, 6.45) is 1.69. The normalized spacial score (nSPS) is 13.7. The Morgan fingerprint density at radius 1 is 1.44 bits per heavy atom. The zero-order valence-corrected chi connectivity index (χ0v) is 9.80. The van der Waals surface area contributed by atoms with Crippen molar-refractivity contribution in [2.45, 2.75) is 0 Å². The molecule has 2 aromatic rings. The van der Waals surface area contributed by atoms with E-state index in [-0.39, 0.29) is 12.5 Å². The van der Waals surface area contributed by atoms with Crippen molar-refractivity contribution >= 4 is 17.4 Å². The second kappa shape index (κ2) is 3.76. The predicted octanol–water partition coefficient (Wildman–Crippen LogP) is 1.00. The minimum Gasteiger partial charge on any atom is -0.481 e. The van der Waals surface area contributed by atoms with Crippen LogP contribution in [0.4, 0.5) is 11.5 Å². The number of rotatable bonds is 1. The molecule has 0 unspecified atom stereocenters. The number of benzene rings is 1. The second-order valence-corrected chi connectivity index (χ2v) is 4.09. The van der Waals surface area contributed by atoms with Crippen LogP contribution in [0.3, 0.4) is 0 Å². The van der Waals surface area contributed by atoms with E-state index < -0.39 is 0 Å². The number of hydrogen-bond acceptors (Lipinski definition) is 4. The number of anilines is 2. The smallest absolute Gasteiger partial charge is 0.262 e. The molecule has 3 N–H and O–H groups in total. The molecule has 0 saturated carbocycles. The summed E-state index contributed by atoms with van der Waals surface area (Å²) in [5.74, 6) is 1.04. The van der Waals surface area contributed by atoms with Crippen molar-refractivity contribution in [2.75, 3.05) is 17.7 Å². The minimum atomic E-state index is -0.154. The third kappa shape index (κ3) is 1.50. The topological polar surface area (TPSA) is 82.2 Å². The molecule has 1 aromatic heterocycles. The van der Waals surface area contributed by atoms with Crippen LogP contribution in [-0.2, 0) is 11.8 Å². The van der Waals surface area contributed by atoms with Gasteiger partial charge in [0.15, 0.2) is 12.4 Å². The van der Waals surface area contributed by atoms with Gasteiger partial charge in [-0.05, 0) is 6.07 Å². The molecule has 0 spiro atoms. The maximum absolute atomic E-state index is 11.3. The van der Waals surface area contributed by atoms with Crippen LogP contribution in [0.5, 0.6) is 5.75 Å². The van der Waals surface area contributed by atoms with E-state index in [1.54, 1.807) is 24.0 Å². The first kappa shape index (κ1) is 10.6. The number of nitrogen functional groups attached to an aromatic ring is 1. The lowest BCUT2D eigenvalue weighted by molar-refractivity contribution is -0.118. The summed E-state index contributed by atoms with van der Waals surface area (Å²) in [4.78, 5) is 11.3. The van der Waals surface area contributed by atoms with Gasteiger partial charge in [0.25, 0.3) is 5.91 Å². The van der Waals surface area contributed by atoms with Crippen molar-refractivity contribution in [3.05, 3.63) is 24.4 Å². The number of hydrogen-bond donors (Lipinski definition) is 2. The molecule has 0 saturated heterocycles. The number of amides is 1. The summed E-state index contributed by atoms with van der Waals surface area (Å²) in [5.41, 5.74) is 8.24. The highest BCUT2D eigenvalue weighted by Gasteiger charge is 2.21.